The predicted molar refractivity (Wildman–Crippen MR) is 64.5 cm³/mol. The van der Waals surface area contributed by atoms with Gasteiger partial charge in [-0.15, -0.1) is 11.3 Å². The highest BCUT2D eigenvalue weighted by atomic mass is 32.1. The Morgan fingerprint density at radius 2 is 2.44 bits per heavy atom. The first-order valence-electron chi connectivity index (χ1n) is 5.64. The third-order valence-corrected chi connectivity index (χ3v) is 3.55. The van der Waals surface area contributed by atoms with Crippen molar-refractivity contribution in [1.82, 2.24) is 10.3 Å². The van der Waals surface area contributed by atoms with Crippen LogP contribution in [0, 0.1) is 0 Å². The molecule has 4 heteroatoms. The molecule has 1 N–H and O–H groups in total. The maximum Gasteiger partial charge on any atom is 0.196 e. The molecule has 0 amide bonds. The zero-order chi connectivity index (χ0) is 10.8. The predicted octanol–water partition coefficient (Wildman–Crippen LogP) is 2.70. The van der Waals surface area contributed by atoms with Gasteiger partial charge in [0.05, 0.1) is 11.1 Å². The Balaban J connectivity index is 1.59. The summed E-state index contributed by atoms with van der Waals surface area (Å²) >= 11 is 1.68. The summed E-state index contributed by atoms with van der Waals surface area (Å²) in [6.45, 7) is 0.967. The number of oxazole rings is 1. The van der Waals surface area contributed by atoms with E-state index in [9.17, 15) is 0 Å². The molecule has 0 atom stereocenters. The Kier molecular flexibility index (Phi) is 2.76. The molecule has 0 radical (unpaired) electrons. The molecule has 0 aromatic carbocycles. The average molecular weight is 234 g/mol. The van der Waals surface area contributed by atoms with Crippen molar-refractivity contribution in [1.29, 1.82) is 0 Å². The molecule has 0 aliphatic heterocycles. The summed E-state index contributed by atoms with van der Waals surface area (Å²) < 4.78 is 5.69. The minimum Gasteiger partial charge on any atom is -0.440 e. The highest BCUT2D eigenvalue weighted by Gasteiger charge is 2.20. The Morgan fingerprint density at radius 3 is 3.19 bits per heavy atom. The molecule has 1 aliphatic carbocycles. The molecule has 16 heavy (non-hydrogen) atoms. The van der Waals surface area contributed by atoms with Gasteiger partial charge < -0.3 is 9.73 Å². The lowest BCUT2D eigenvalue weighted by molar-refractivity contribution is 0.495. The standard InChI is InChI=1S/C12H14N2OS/c1-2-11(16-7-1)10-8-14-12(15-10)5-6-13-9-3-4-9/h1-2,7-9,13H,3-6H2. The minimum absolute atomic E-state index is 0.756. The van der Waals surface area contributed by atoms with Gasteiger partial charge in [0.25, 0.3) is 0 Å². The summed E-state index contributed by atoms with van der Waals surface area (Å²) in [6.07, 6.45) is 5.35. The summed E-state index contributed by atoms with van der Waals surface area (Å²) in [4.78, 5) is 5.44. The first kappa shape index (κ1) is 10.1. The van der Waals surface area contributed by atoms with Crippen molar-refractivity contribution >= 4 is 11.3 Å². The van der Waals surface area contributed by atoms with Crippen LogP contribution in [0.4, 0.5) is 0 Å². The van der Waals surface area contributed by atoms with E-state index in [0.717, 1.165) is 35.5 Å². The summed E-state index contributed by atoms with van der Waals surface area (Å²) in [7, 11) is 0. The van der Waals surface area contributed by atoms with Crippen molar-refractivity contribution < 1.29 is 4.42 Å². The van der Waals surface area contributed by atoms with Crippen LogP contribution in [0.25, 0.3) is 10.6 Å². The summed E-state index contributed by atoms with van der Waals surface area (Å²) in [5, 5.41) is 5.50. The fourth-order valence-electron chi connectivity index (χ4n) is 1.63. The van der Waals surface area contributed by atoms with Gasteiger partial charge in [-0.3, -0.25) is 0 Å². The van der Waals surface area contributed by atoms with Crippen LogP contribution < -0.4 is 5.32 Å². The smallest absolute Gasteiger partial charge is 0.196 e. The normalized spacial score (nSPS) is 15.5. The Hall–Kier alpha value is -1.13. The molecule has 1 saturated carbocycles. The molecule has 0 saturated heterocycles. The SMILES string of the molecule is c1csc(-c2cnc(CCNC3CC3)o2)c1. The topological polar surface area (TPSA) is 38.1 Å². The van der Waals surface area contributed by atoms with Crippen molar-refractivity contribution in [3.05, 3.63) is 29.6 Å². The second-order valence-corrected chi connectivity index (χ2v) is 5.02. The maximum atomic E-state index is 5.69. The van der Waals surface area contributed by atoms with Gasteiger partial charge in [0.1, 0.15) is 0 Å². The van der Waals surface area contributed by atoms with Gasteiger partial charge in [0, 0.05) is 19.0 Å². The van der Waals surface area contributed by atoms with Crippen LogP contribution in [0.5, 0.6) is 0 Å². The molecule has 2 aromatic heterocycles. The largest absolute Gasteiger partial charge is 0.440 e. The fraction of sp³-hybridized carbons (Fsp3) is 0.417. The van der Waals surface area contributed by atoms with Crippen molar-refractivity contribution in [3.8, 4) is 10.6 Å². The highest BCUT2D eigenvalue weighted by Crippen LogP contribution is 2.25. The second kappa shape index (κ2) is 4.39. The van der Waals surface area contributed by atoms with Gasteiger partial charge in [-0.05, 0) is 24.3 Å². The van der Waals surface area contributed by atoms with Gasteiger partial charge in [-0.2, -0.15) is 0 Å². The summed E-state index contributed by atoms with van der Waals surface area (Å²) in [5.74, 6) is 1.72. The van der Waals surface area contributed by atoms with Crippen LogP contribution in [0.15, 0.2) is 28.1 Å². The molecule has 0 unspecified atom stereocenters. The van der Waals surface area contributed by atoms with Gasteiger partial charge in [0.15, 0.2) is 11.7 Å². The quantitative estimate of drug-likeness (QED) is 0.864. The van der Waals surface area contributed by atoms with Crippen molar-refractivity contribution in [3.63, 3.8) is 0 Å². The molecule has 3 rings (SSSR count). The molecular weight excluding hydrogens is 220 g/mol. The zero-order valence-electron chi connectivity index (χ0n) is 8.98. The first-order chi connectivity index (χ1) is 7.92. The van der Waals surface area contributed by atoms with E-state index >= 15 is 0 Å². The molecule has 0 bridgehead atoms. The highest BCUT2D eigenvalue weighted by molar-refractivity contribution is 7.13. The maximum absolute atomic E-state index is 5.69. The van der Waals surface area contributed by atoms with Crippen molar-refractivity contribution in [2.24, 2.45) is 0 Å². The van der Waals surface area contributed by atoms with E-state index in [-0.39, 0.29) is 0 Å². The molecule has 2 aromatic rings. The number of hydrogen-bond donors (Lipinski definition) is 1. The lowest BCUT2D eigenvalue weighted by Gasteiger charge is -1.98. The van der Waals surface area contributed by atoms with Crippen molar-refractivity contribution in [2.45, 2.75) is 25.3 Å². The summed E-state index contributed by atoms with van der Waals surface area (Å²) in [5.41, 5.74) is 0. The number of rotatable bonds is 5. The molecule has 0 spiro atoms. The average Bonchev–Trinajstić information content (AvgIpc) is 2.83. The van der Waals surface area contributed by atoms with E-state index in [1.807, 2.05) is 17.6 Å². The molecule has 84 valence electrons. The van der Waals surface area contributed by atoms with Crippen molar-refractivity contribution in [2.75, 3.05) is 6.54 Å². The van der Waals surface area contributed by atoms with Gasteiger partial charge in [-0.1, -0.05) is 6.07 Å². The fourth-order valence-corrected chi connectivity index (χ4v) is 2.30. The van der Waals surface area contributed by atoms with Crippen LogP contribution >= 0.6 is 11.3 Å². The molecule has 1 fully saturated rings. The number of nitrogens with zero attached hydrogens (tertiary/aromatic N) is 1. The van der Waals surface area contributed by atoms with Gasteiger partial charge in [0.2, 0.25) is 0 Å². The third kappa shape index (κ3) is 2.33. The zero-order valence-corrected chi connectivity index (χ0v) is 9.80. The van der Waals surface area contributed by atoms with Crippen LogP contribution in [-0.2, 0) is 6.42 Å². The number of aromatic nitrogens is 1. The second-order valence-electron chi connectivity index (χ2n) is 4.07. The van der Waals surface area contributed by atoms with Crippen LogP contribution in [0.1, 0.15) is 18.7 Å². The van der Waals surface area contributed by atoms with Crippen LogP contribution in [0.2, 0.25) is 0 Å². The molecule has 2 heterocycles. The van der Waals surface area contributed by atoms with E-state index in [1.165, 1.54) is 12.8 Å². The molecule has 1 aliphatic rings. The number of hydrogen-bond acceptors (Lipinski definition) is 4. The van der Waals surface area contributed by atoms with E-state index < -0.39 is 0 Å². The number of nitrogens with one attached hydrogen (secondary N) is 1. The summed E-state index contributed by atoms with van der Waals surface area (Å²) in [6, 6.07) is 4.83. The first-order valence-corrected chi connectivity index (χ1v) is 6.52. The van der Waals surface area contributed by atoms with Gasteiger partial charge >= 0.3 is 0 Å². The van der Waals surface area contributed by atoms with Gasteiger partial charge in [-0.25, -0.2) is 4.98 Å². The molecule has 3 nitrogen and oxygen atoms in total. The van der Waals surface area contributed by atoms with E-state index in [0.29, 0.717) is 0 Å². The van der Waals surface area contributed by atoms with E-state index in [4.69, 9.17) is 4.42 Å². The lowest BCUT2D eigenvalue weighted by atomic mass is 10.4. The van der Waals surface area contributed by atoms with Crippen LogP contribution in [-0.4, -0.2) is 17.6 Å². The monoisotopic (exact) mass is 234 g/mol. The Bertz CT molecular complexity index is 445. The molecular formula is C12H14N2OS. The Labute approximate surface area is 98.5 Å². The van der Waals surface area contributed by atoms with Crippen LogP contribution in [0.3, 0.4) is 0 Å². The number of thiophene rings is 1. The van der Waals surface area contributed by atoms with E-state index in [1.54, 1.807) is 11.3 Å². The Morgan fingerprint density at radius 1 is 1.50 bits per heavy atom. The minimum atomic E-state index is 0.756. The third-order valence-electron chi connectivity index (χ3n) is 2.67. The lowest BCUT2D eigenvalue weighted by Crippen LogP contribution is -2.19. The van der Waals surface area contributed by atoms with E-state index in [2.05, 4.69) is 16.4 Å².